The van der Waals surface area contributed by atoms with E-state index in [0.717, 1.165) is 0 Å². The Hall–Kier alpha value is -0.930. The summed E-state index contributed by atoms with van der Waals surface area (Å²) in [6, 6.07) is 0. The van der Waals surface area contributed by atoms with Crippen LogP contribution in [0.3, 0.4) is 0 Å². The molecule has 0 radical (unpaired) electrons. The molecule has 2 heterocycles. The third-order valence-corrected chi connectivity index (χ3v) is 4.40. The molecule has 0 unspecified atom stereocenters. The Balaban J connectivity index is 0.000000316. The topological polar surface area (TPSA) is 185 Å². The lowest BCUT2D eigenvalue weighted by atomic mass is 10.00. The van der Waals surface area contributed by atoms with Gasteiger partial charge in [-0.15, -0.1) is 0 Å². The van der Waals surface area contributed by atoms with Crippen LogP contribution in [0.1, 0.15) is 41.5 Å². The van der Waals surface area contributed by atoms with E-state index < -0.39 is 67.2 Å². The van der Waals surface area contributed by atoms with Gasteiger partial charge in [-0.1, -0.05) is 0 Å². The Labute approximate surface area is 181 Å². The maximum Gasteiger partial charge on any atom is 0.295 e. The Morgan fingerprint density at radius 2 is 1.26 bits per heavy atom. The van der Waals surface area contributed by atoms with Crippen molar-refractivity contribution in [3.05, 3.63) is 0 Å². The summed E-state index contributed by atoms with van der Waals surface area (Å²) < 4.78 is 25.3. The van der Waals surface area contributed by atoms with Crippen molar-refractivity contribution in [2.24, 2.45) is 0 Å². The molecular weight excluding hydrogens is 420 g/mol. The third kappa shape index (κ3) is 8.17. The van der Waals surface area contributed by atoms with E-state index in [1.165, 1.54) is 0 Å². The van der Waals surface area contributed by atoms with Gasteiger partial charge in [-0.3, -0.25) is 4.79 Å². The zero-order chi connectivity index (χ0) is 24.1. The lowest BCUT2D eigenvalue weighted by molar-refractivity contribution is -0.354. The van der Waals surface area contributed by atoms with Crippen LogP contribution in [-0.4, -0.2) is 110 Å². The SMILES string of the molecule is CC(C)(C)O[C@@H]1O[C@H](OC=O)[C@@H](O)[C@H](O)[C@H]1O.CC(C)O[C@H]1O[C@@H](C)[C@H](O)[C@@H](O)[C@@H]1O. The summed E-state index contributed by atoms with van der Waals surface area (Å²) in [5.41, 5.74) is -0.626. The normalized spacial score (nSPS) is 41.3. The minimum atomic E-state index is -1.52. The second kappa shape index (κ2) is 11.8. The number of hydrogen-bond acceptors (Lipinski definition) is 12. The quantitative estimate of drug-likeness (QED) is 0.250. The average molecular weight is 456 g/mol. The summed E-state index contributed by atoms with van der Waals surface area (Å²) in [4.78, 5) is 10.2. The molecule has 184 valence electrons. The molecule has 0 amide bonds. The Kier molecular flexibility index (Phi) is 10.7. The van der Waals surface area contributed by atoms with E-state index in [1.807, 2.05) is 0 Å². The highest BCUT2D eigenvalue weighted by molar-refractivity contribution is 5.37. The molecule has 0 spiro atoms. The van der Waals surface area contributed by atoms with E-state index in [9.17, 15) is 35.4 Å². The van der Waals surface area contributed by atoms with Crippen LogP contribution in [0.2, 0.25) is 0 Å². The lowest BCUT2D eigenvalue weighted by Crippen LogP contribution is -2.59. The second-order valence-electron chi connectivity index (χ2n) is 8.67. The summed E-state index contributed by atoms with van der Waals surface area (Å²) in [5.74, 6) is 0. The van der Waals surface area contributed by atoms with Crippen LogP contribution in [0.5, 0.6) is 0 Å². The van der Waals surface area contributed by atoms with E-state index in [1.54, 1.807) is 41.5 Å². The summed E-state index contributed by atoms with van der Waals surface area (Å²) >= 11 is 0. The summed E-state index contributed by atoms with van der Waals surface area (Å²) in [6.45, 7) is 10.5. The molecule has 0 saturated carbocycles. The van der Waals surface area contributed by atoms with E-state index in [0.29, 0.717) is 0 Å². The van der Waals surface area contributed by atoms with Crippen molar-refractivity contribution in [3.63, 3.8) is 0 Å². The minimum absolute atomic E-state index is 0.0897. The monoisotopic (exact) mass is 456 g/mol. The van der Waals surface area contributed by atoms with Crippen LogP contribution in [0.4, 0.5) is 0 Å². The first kappa shape index (κ1) is 28.1. The largest absolute Gasteiger partial charge is 0.435 e. The van der Waals surface area contributed by atoms with Gasteiger partial charge < -0.3 is 54.3 Å². The first-order valence-corrected chi connectivity index (χ1v) is 10.0. The number of rotatable bonds is 5. The highest BCUT2D eigenvalue weighted by Gasteiger charge is 2.46. The molecule has 2 aliphatic rings. The van der Waals surface area contributed by atoms with Crippen LogP contribution < -0.4 is 0 Å². The molecular formula is C19H36O12. The maximum atomic E-state index is 10.2. The fraction of sp³-hybridized carbons (Fsp3) is 0.947. The number of carbonyl (C=O) groups excluding carboxylic acids is 1. The highest BCUT2D eigenvalue weighted by Crippen LogP contribution is 2.26. The molecule has 0 aliphatic carbocycles. The van der Waals surface area contributed by atoms with Crippen molar-refractivity contribution in [3.8, 4) is 0 Å². The minimum Gasteiger partial charge on any atom is -0.435 e. The van der Waals surface area contributed by atoms with Crippen molar-refractivity contribution in [1.29, 1.82) is 0 Å². The number of ether oxygens (including phenoxy) is 5. The van der Waals surface area contributed by atoms with Crippen LogP contribution in [0.25, 0.3) is 0 Å². The fourth-order valence-corrected chi connectivity index (χ4v) is 2.82. The highest BCUT2D eigenvalue weighted by atomic mass is 16.8. The summed E-state index contributed by atoms with van der Waals surface area (Å²) in [6.07, 6.45) is -12.0. The number of aliphatic hydroxyl groups excluding tert-OH is 6. The van der Waals surface area contributed by atoms with Gasteiger partial charge in [0.1, 0.15) is 36.6 Å². The Morgan fingerprint density at radius 3 is 1.74 bits per heavy atom. The molecule has 0 aromatic heterocycles. The molecule has 0 bridgehead atoms. The molecule has 2 fully saturated rings. The van der Waals surface area contributed by atoms with E-state index in [2.05, 4.69) is 4.74 Å². The Morgan fingerprint density at radius 1 is 0.774 bits per heavy atom. The first-order chi connectivity index (χ1) is 14.2. The van der Waals surface area contributed by atoms with Gasteiger partial charge >= 0.3 is 0 Å². The zero-order valence-corrected chi connectivity index (χ0v) is 18.6. The smallest absolute Gasteiger partial charge is 0.295 e. The van der Waals surface area contributed by atoms with Crippen molar-refractivity contribution in [1.82, 2.24) is 0 Å². The number of carbonyl (C=O) groups is 1. The van der Waals surface area contributed by atoms with Gasteiger partial charge in [-0.05, 0) is 41.5 Å². The molecule has 2 rings (SSSR count). The predicted octanol–water partition coefficient (Wildman–Crippen LogP) is -2.02. The van der Waals surface area contributed by atoms with Crippen LogP contribution in [-0.2, 0) is 28.5 Å². The van der Waals surface area contributed by atoms with E-state index in [-0.39, 0.29) is 12.6 Å². The number of hydrogen-bond donors (Lipinski definition) is 6. The Bertz CT molecular complexity index is 538. The van der Waals surface area contributed by atoms with Gasteiger partial charge in [-0.25, -0.2) is 0 Å². The molecule has 12 heteroatoms. The molecule has 2 saturated heterocycles. The zero-order valence-electron chi connectivity index (χ0n) is 18.6. The van der Waals surface area contributed by atoms with E-state index >= 15 is 0 Å². The summed E-state index contributed by atoms with van der Waals surface area (Å²) in [7, 11) is 0. The van der Waals surface area contributed by atoms with Gasteiger partial charge in [0.05, 0.1) is 17.8 Å². The number of aliphatic hydroxyl groups is 6. The van der Waals surface area contributed by atoms with Gasteiger partial charge in [-0.2, -0.15) is 0 Å². The predicted molar refractivity (Wildman–Crippen MR) is 103 cm³/mol. The van der Waals surface area contributed by atoms with Crippen LogP contribution >= 0.6 is 0 Å². The van der Waals surface area contributed by atoms with Gasteiger partial charge in [0.2, 0.25) is 6.29 Å². The van der Waals surface area contributed by atoms with Gasteiger partial charge in [0.25, 0.3) is 6.47 Å². The van der Waals surface area contributed by atoms with Crippen molar-refractivity contribution >= 4 is 6.47 Å². The maximum absolute atomic E-state index is 10.2. The fourth-order valence-electron chi connectivity index (χ4n) is 2.82. The van der Waals surface area contributed by atoms with Crippen LogP contribution in [0, 0.1) is 0 Å². The van der Waals surface area contributed by atoms with Gasteiger partial charge in [0, 0.05) is 0 Å². The van der Waals surface area contributed by atoms with Crippen LogP contribution in [0.15, 0.2) is 0 Å². The molecule has 10 atom stereocenters. The van der Waals surface area contributed by atoms with Crippen molar-refractivity contribution in [2.45, 2.75) is 115 Å². The average Bonchev–Trinajstić information content (AvgIpc) is 2.65. The third-order valence-electron chi connectivity index (χ3n) is 4.40. The molecule has 12 nitrogen and oxygen atoms in total. The molecule has 6 N–H and O–H groups in total. The summed E-state index contributed by atoms with van der Waals surface area (Å²) in [5, 5.41) is 57.0. The van der Waals surface area contributed by atoms with Crippen molar-refractivity contribution < 1.29 is 59.1 Å². The standard InChI is InChI=1S/C10H18O7.C9H18O5/c1-10(2,3)17-9-7(14)5(12)6(13)8(16-9)15-4-11;1-4(2)13-9-8(12)7(11)6(10)5(3)14-9/h4-9,12-14H,1-3H3;4-12H,1-3H3/t2*5-,6-,7+,8-,9-/m00/s1. The molecule has 0 aromatic carbocycles. The van der Waals surface area contributed by atoms with E-state index in [4.69, 9.17) is 18.9 Å². The first-order valence-electron chi connectivity index (χ1n) is 10.0. The molecule has 0 aromatic rings. The molecule has 2 aliphatic heterocycles. The van der Waals surface area contributed by atoms with Crippen molar-refractivity contribution in [2.75, 3.05) is 0 Å². The lowest BCUT2D eigenvalue weighted by Gasteiger charge is -2.41. The van der Waals surface area contributed by atoms with Gasteiger partial charge in [0.15, 0.2) is 12.6 Å². The second-order valence-corrected chi connectivity index (χ2v) is 8.67. The molecule has 31 heavy (non-hydrogen) atoms.